The largest absolute Gasteiger partial charge is 0.368 e. The van der Waals surface area contributed by atoms with Gasteiger partial charge in [0.2, 0.25) is 5.00 Å². The second-order valence-corrected chi connectivity index (χ2v) is 3.76. The smallest absolute Gasteiger partial charge is 0.235 e. The summed E-state index contributed by atoms with van der Waals surface area (Å²) in [5.41, 5.74) is 0.511. The molecule has 74 valence electrons. The number of thiol groups is 1. The molecule has 0 spiro atoms. The SMILES string of the molecule is FC(S)(C1=NCCN1)c1ccccc1. The van der Waals surface area contributed by atoms with Gasteiger partial charge in [-0.05, 0) is 0 Å². The highest BCUT2D eigenvalue weighted by atomic mass is 32.1. The summed E-state index contributed by atoms with van der Waals surface area (Å²) in [4.78, 5) is 4.04. The molecule has 0 radical (unpaired) electrons. The minimum atomic E-state index is -1.79. The van der Waals surface area contributed by atoms with Crippen LogP contribution in [0.4, 0.5) is 4.39 Å². The normalized spacial score (nSPS) is 19.7. The minimum absolute atomic E-state index is 0.312. The molecule has 0 bridgehead atoms. The number of nitrogens with one attached hydrogen (secondary N) is 1. The third-order valence-corrected chi connectivity index (χ3v) is 2.61. The fourth-order valence-electron chi connectivity index (χ4n) is 1.42. The molecule has 0 fully saturated rings. The summed E-state index contributed by atoms with van der Waals surface area (Å²) in [7, 11) is 0. The maximum atomic E-state index is 14.2. The van der Waals surface area contributed by atoms with Crippen molar-refractivity contribution in [2.24, 2.45) is 4.99 Å². The zero-order valence-corrected chi connectivity index (χ0v) is 8.47. The molecule has 1 aromatic carbocycles. The first-order valence-corrected chi connectivity index (χ1v) is 4.91. The van der Waals surface area contributed by atoms with Crippen LogP contribution in [0.1, 0.15) is 5.56 Å². The van der Waals surface area contributed by atoms with Gasteiger partial charge in [0.15, 0.2) is 5.84 Å². The summed E-state index contributed by atoms with van der Waals surface area (Å²) in [6.45, 7) is 1.31. The van der Waals surface area contributed by atoms with Crippen LogP contribution in [0.3, 0.4) is 0 Å². The van der Waals surface area contributed by atoms with Gasteiger partial charge in [0.25, 0.3) is 0 Å². The number of halogens is 1. The van der Waals surface area contributed by atoms with Gasteiger partial charge in [-0.2, -0.15) is 0 Å². The molecule has 2 nitrogen and oxygen atoms in total. The molecule has 1 unspecified atom stereocenters. The topological polar surface area (TPSA) is 24.4 Å². The van der Waals surface area contributed by atoms with Gasteiger partial charge >= 0.3 is 0 Å². The number of rotatable bonds is 2. The second kappa shape index (κ2) is 3.61. The maximum Gasteiger partial charge on any atom is 0.235 e. The monoisotopic (exact) mass is 210 g/mol. The maximum absolute atomic E-state index is 14.2. The van der Waals surface area contributed by atoms with Gasteiger partial charge in [0.05, 0.1) is 6.54 Å². The molecule has 0 saturated carbocycles. The predicted octanol–water partition coefficient (Wildman–Crippen LogP) is 1.74. The summed E-state index contributed by atoms with van der Waals surface area (Å²) in [6, 6.07) is 8.83. The Morgan fingerprint density at radius 2 is 2.07 bits per heavy atom. The van der Waals surface area contributed by atoms with Gasteiger partial charge in [-0.3, -0.25) is 4.99 Å². The Balaban J connectivity index is 2.32. The Bertz CT molecular complexity index is 348. The average Bonchev–Trinajstić information content (AvgIpc) is 2.72. The molecule has 1 aliphatic heterocycles. The number of hydrogen-bond donors (Lipinski definition) is 2. The van der Waals surface area contributed by atoms with E-state index in [1.807, 2.05) is 6.07 Å². The highest BCUT2D eigenvalue weighted by molar-refractivity contribution is 7.82. The first kappa shape index (κ1) is 9.52. The molecule has 1 atom stereocenters. The number of amidine groups is 1. The van der Waals surface area contributed by atoms with E-state index >= 15 is 0 Å². The lowest BCUT2D eigenvalue weighted by Gasteiger charge is -2.19. The van der Waals surface area contributed by atoms with E-state index in [0.717, 1.165) is 0 Å². The van der Waals surface area contributed by atoms with Crippen LogP contribution in [0.25, 0.3) is 0 Å². The van der Waals surface area contributed by atoms with Crippen molar-refractivity contribution in [3.05, 3.63) is 35.9 Å². The molecule has 1 heterocycles. The van der Waals surface area contributed by atoms with Crippen LogP contribution in [-0.4, -0.2) is 18.9 Å². The number of nitrogens with zero attached hydrogens (tertiary/aromatic N) is 1. The Morgan fingerprint density at radius 1 is 1.36 bits per heavy atom. The van der Waals surface area contributed by atoms with Crippen LogP contribution < -0.4 is 5.32 Å². The van der Waals surface area contributed by atoms with Crippen molar-refractivity contribution in [2.45, 2.75) is 5.00 Å². The second-order valence-electron chi connectivity index (χ2n) is 3.15. The molecule has 0 aliphatic carbocycles. The van der Waals surface area contributed by atoms with Crippen molar-refractivity contribution in [3.63, 3.8) is 0 Å². The van der Waals surface area contributed by atoms with Gasteiger partial charge in [0, 0.05) is 12.1 Å². The Labute approximate surface area is 87.7 Å². The summed E-state index contributed by atoms with van der Waals surface area (Å²) >= 11 is 4.01. The third-order valence-electron chi connectivity index (χ3n) is 2.14. The standard InChI is InChI=1S/C10H11FN2S/c11-10(14,9-12-6-7-13-9)8-4-2-1-3-5-8/h1-5,14H,6-7H2,(H,12,13). The van der Waals surface area contributed by atoms with E-state index in [1.54, 1.807) is 24.3 Å². The molecule has 1 N–H and O–H groups in total. The van der Waals surface area contributed by atoms with Gasteiger partial charge in [-0.25, -0.2) is 4.39 Å². The van der Waals surface area contributed by atoms with Crippen molar-refractivity contribution < 1.29 is 4.39 Å². The minimum Gasteiger partial charge on any atom is -0.368 e. The molecule has 1 aromatic rings. The van der Waals surface area contributed by atoms with E-state index in [1.165, 1.54) is 0 Å². The van der Waals surface area contributed by atoms with Gasteiger partial charge < -0.3 is 5.32 Å². The lowest BCUT2D eigenvalue weighted by atomic mass is 10.1. The van der Waals surface area contributed by atoms with Crippen LogP contribution in [-0.2, 0) is 5.00 Å². The molecule has 0 amide bonds. The fraction of sp³-hybridized carbons (Fsp3) is 0.300. The van der Waals surface area contributed by atoms with Gasteiger partial charge in [-0.1, -0.05) is 30.3 Å². The van der Waals surface area contributed by atoms with Gasteiger partial charge in [-0.15, -0.1) is 12.6 Å². The van der Waals surface area contributed by atoms with Crippen molar-refractivity contribution in [1.82, 2.24) is 5.32 Å². The molecular formula is C10H11FN2S. The van der Waals surface area contributed by atoms with E-state index < -0.39 is 5.00 Å². The van der Waals surface area contributed by atoms with E-state index in [-0.39, 0.29) is 0 Å². The van der Waals surface area contributed by atoms with Crippen LogP contribution in [0.5, 0.6) is 0 Å². The molecule has 2 rings (SSSR count). The highest BCUT2D eigenvalue weighted by Gasteiger charge is 2.35. The van der Waals surface area contributed by atoms with Crippen LogP contribution in [0.15, 0.2) is 35.3 Å². The van der Waals surface area contributed by atoms with Crippen molar-refractivity contribution in [2.75, 3.05) is 13.1 Å². The van der Waals surface area contributed by atoms with Crippen molar-refractivity contribution in [3.8, 4) is 0 Å². The Kier molecular flexibility index (Phi) is 2.46. The lowest BCUT2D eigenvalue weighted by Crippen LogP contribution is -2.34. The van der Waals surface area contributed by atoms with Crippen LogP contribution in [0.2, 0.25) is 0 Å². The number of aliphatic imine (C=N–C) groups is 1. The number of hydrogen-bond acceptors (Lipinski definition) is 3. The van der Waals surface area contributed by atoms with Gasteiger partial charge in [0.1, 0.15) is 0 Å². The Hall–Kier alpha value is -1.03. The first-order chi connectivity index (χ1) is 6.71. The van der Waals surface area contributed by atoms with E-state index in [2.05, 4.69) is 22.9 Å². The molecule has 4 heteroatoms. The average molecular weight is 210 g/mol. The zero-order valence-electron chi connectivity index (χ0n) is 7.57. The van der Waals surface area contributed by atoms with E-state index in [9.17, 15) is 4.39 Å². The highest BCUT2D eigenvalue weighted by Crippen LogP contribution is 2.31. The molecule has 0 aromatic heterocycles. The number of alkyl halides is 1. The third kappa shape index (κ3) is 1.62. The van der Waals surface area contributed by atoms with Crippen LogP contribution >= 0.6 is 12.6 Å². The summed E-state index contributed by atoms with van der Waals surface area (Å²) < 4.78 is 14.2. The van der Waals surface area contributed by atoms with Crippen molar-refractivity contribution >= 4 is 18.5 Å². The summed E-state index contributed by atoms with van der Waals surface area (Å²) in [5.74, 6) is 0.312. The Morgan fingerprint density at radius 3 is 2.64 bits per heavy atom. The van der Waals surface area contributed by atoms with Crippen molar-refractivity contribution in [1.29, 1.82) is 0 Å². The molecule has 1 aliphatic rings. The predicted molar refractivity (Wildman–Crippen MR) is 58.5 cm³/mol. The summed E-state index contributed by atoms with van der Waals surface area (Å²) in [6.07, 6.45) is 0. The number of benzene rings is 1. The lowest BCUT2D eigenvalue weighted by molar-refractivity contribution is 0.390. The first-order valence-electron chi connectivity index (χ1n) is 4.47. The quantitative estimate of drug-likeness (QED) is 0.714. The van der Waals surface area contributed by atoms with E-state index in [4.69, 9.17) is 0 Å². The fourth-order valence-corrected chi connectivity index (χ4v) is 1.71. The van der Waals surface area contributed by atoms with Crippen LogP contribution in [0, 0.1) is 0 Å². The zero-order chi connectivity index (χ0) is 10.0. The summed E-state index contributed by atoms with van der Waals surface area (Å²) in [5, 5.41) is 1.10. The molecule has 14 heavy (non-hydrogen) atoms. The molecule has 0 saturated heterocycles. The molecular weight excluding hydrogens is 199 g/mol. The van der Waals surface area contributed by atoms with E-state index in [0.29, 0.717) is 24.5 Å².